The molecule has 0 amide bonds. The van der Waals surface area contributed by atoms with E-state index in [2.05, 4.69) is 14.7 Å². The van der Waals surface area contributed by atoms with Crippen molar-refractivity contribution in [2.45, 2.75) is 11.4 Å². The Balaban J connectivity index is 1.97. The van der Waals surface area contributed by atoms with Crippen LogP contribution in [-0.2, 0) is 16.6 Å². The Bertz CT molecular complexity index is 1020. The molecule has 0 aliphatic heterocycles. The van der Waals surface area contributed by atoms with Gasteiger partial charge in [-0.15, -0.1) is 0 Å². The number of hydrogen-bond donors (Lipinski definition) is 2. The van der Waals surface area contributed by atoms with Gasteiger partial charge in [0.1, 0.15) is 0 Å². The number of rotatable bonds is 6. The first-order chi connectivity index (χ1) is 12.5. The minimum absolute atomic E-state index is 0.00502. The molecule has 3 aromatic rings. The first-order valence-electron chi connectivity index (χ1n) is 7.64. The summed E-state index contributed by atoms with van der Waals surface area (Å²) < 4.78 is 27.7. The van der Waals surface area contributed by atoms with E-state index in [9.17, 15) is 18.3 Å². The molecule has 3 rings (SSSR count). The Kier molecular flexibility index (Phi) is 5.06. The third-order valence-electron chi connectivity index (χ3n) is 3.65. The molecule has 0 aliphatic carbocycles. The van der Waals surface area contributed by atoms with Crippen LogP contribution in [0, 0.1) is 0 Å². The van der Waals surface area contributed by atoms with E-state index in [0.717, 1.165) is 6.07 Å². The Hall–Kier alpha value is -3.10. The second kappa shape index (κ2) is 7.42. The fraction of sp³-hybridized carbons (Fsp3) is 0.0556. The fourth-order valence-corrected chi connectivity index (χ4v) is 3.41. The van der Waals surface area contributed by atoms with Crippen molar-refractivity contribution in [3.05, 3.63) is 78.4 Å². The molecule has 0 saturated carbocycles. The second-order valence-electron chi connectivity index (χ2n) is 5.43. The van der Waals surface area contributed by atoms with Gasteiger partial charge in [0, 0.05) is 18.6 Å². The number of nitrogens with zero attached hydrogens (tertiary/aromatic N) is 2. The van der Waals surface area contributed by atoms with Crippen LogP contribution in [0.5, 0.6) is 0 Å². The van der Waals surface area contributed by atoms with Crippen molar-refractivity contribution in [2.75, 3.05) is 0 Å². The quantitative estimate of drug-likeness (QED) is 0.690. The van der Waals surface area contributed by atoms with E-state index in [0.29, 0.717) is 16.8 Å². The van der Waals surface area contributed by atoms with Gasteiger partial charge >= 0.3 is 5.97 Å². The van der Waals surface area contributed by atoms with Crippen LogP contribution in [0.2, 0.25) is 0 Å². The van der Waals surface area contributed by atoms with Gasteiger partial charge in [0.25, 0.3) is 0 Å². The number of nitrogens with one attached hydrogen (secondary N) is 1. The summed E-state index contributed by atoms with van der Waals surface area (Å²) in [5, 5.41) is 9.32. The average molecular weight is 369 g/mol. The van der Waals surface area contributed by atoms with Crippen LogP contribution < -0.4 is 4.72 Å². The van der Waals surface area contributed by atoms with Gasteiger partial charge in [-0.1, -0.05) is 6.07 Å². The molecule has 0 spiro atoms. The Morgan fingerprint density at radius 3 is 2.42 bits per heavy atom. The first kappa shape index (κ1) is 17.7. The predicted octanol–water partition coefficient (Wildman–Crippen LogP) is 2.32. The van der Waals surface area contributed by atoms with Gasteiger partial charge in [-0.2, -0.15) is 0 Å². The SMILES string of the molecule is O=C(O)c1cc(-c2ccncc2)cc(S(=O)(=O)NCc2ccccn2)c1. The minimum atomic E-state index is -3.91. The maximum absolute atomic E-state index is 12.6. The zero-order valence-electron chi connectivity index (χ0n) is 13.5. The summed E-state index contributed by atoms with van der Waals surface area (Å²) in [6.07, 6.45) is 4.67. The van der Waals surface area contributed by atoms with Gasteiger partial charge in [-0.3, -0.25) is 9.97 Å². The van der Waals surface area contributed by atoms with E-state index in [1.165, 1.54) is 12.1 Å². The van der Waals surface area contributed by atoms with E-state index in [4.69, 9.17) is 0 Å². The lowest BCUT2D eigenvalue weighted by Gasteiger charge is -2.10. The summed E-state index contributed by atoms with van der Waals surface area (Å²) in [5.74, 6) is -1.21. The number of hydrogen-bond acceptors (Lipinski definition) is 5. The number of carbonyl (C=O) groups is 1. The highest BCUT2D eigenvalue weighted by atomic mass is 32.2. The number of benzene rings is 1. The molecule has 0 unspecified atom stereocenters. The standard InChI is InChI=1S/C18H15N3O4S/c22-18(23)15-9-14(13-4-7-19-8-5-13)10-17(11-15)26(24,25)21-12-16-3-1-2-6-20-16/h1-11,21H,12H2,(H,22,23). The molecule has 26 heavy (non-hydrogen) atoms. The van der Waals surface area contributed by atoms with E-state index in [1.807, 2.05) is 0 Å². The topological polar surface area (TPSA) is 109 Å². The molecule has 2 heterocycles. The molecule has 1 aromatic carbocycles. The normalized spacial score (nSPS) is 11.2. The van der Waals surface area contributed by atoms with Crippen molar-refractivity contribution in [3.63, 3.8) is 0 Å². The summed E-state index contributed by atoms with van der Waals surface area (Å²) in [6, 6.07) is 12.5. The van der Waals surface area contributed by atoms with Gasteiger partial charge < -0.3 is 5.11 Å². The molecular formula is C18H15N3O4S. The lowest BCUT2D eigenvalue weighted by atomic mass is 10.0. The Morgan fingerprint density at radius 2 is 1.77 bits per heavy atom. The monoisotopic (exact) mass is 369 g/mol. The van der Waals surface area contributed by atoms with Crippen LogP contribution in [0.15, 0.2) is 72.0 Å². The van der Waals surface area contributed by atoms with Gasteiger partial charge in [-0.05, 0) is 53.6 Å². The molecule has 0 atom stereocenters. The lowest BCUT2D eigenvalue weighted by molar-refractivity contribution is 0.0696. The van der Waals surface area contributed by atoms with Gasteiger partial charge in [-0.25, -0.2) is 17.9 Å². The summed E-state index contributed by atoms with van der Waals surface area (Å²) in [6.45, 7) is 0.00502. The first-order valence-corrected chi connectivity index (χ1v) is 9.12. The largest absolute Gasteiger partial charge is 0.478 e. The van der Waals surface area contributed by atoms with Crippen molar-refractivity contribution in [1.29, 1.82) is 0 Å². The maximum Gasteiger partial charge on any atom is 0.335 e. The van der Waals surface area contributed by atoms with Crippen LogP contribution in [-0.4, -0.2) is 29.5 Å². The molecule has 8 heteroatoms. The molecular weight excluding hydrogens is 354 g/mol. The summed E-state index contributed by atoms with van der Waals surface area (Å²) in [4.78, 5) is 19.2. The Morgan fingerprint density at radius 1 is 1.00 bits per heavy atom. The smallest absolute Gasteiger partial charge is 0.335 e. The molecule has 7 nitrogen and oxygen atoms in total. The van der Waals surface area contributed by atoms with Gasteiger partial charge in [0.15, 0.2) is 0 Å². The number of carboxylic acid groups (broad SMARTS) is 1. The highest BCUT2D eigenvalue weighted by Crippen LogP contribution is 2.24. The molecule has 0 saturated heterocycles. The van der Waals surface area contributed by atoms with Crippen molar-refractivity contribution >= 4 is 16.0 Å². The molecule has 0 bridgehead atoms. The highest BCUT2D eigenvalue weighted by Gasteiger charge is 2.18. The number of sulfonamides is 1. The summed E-state index contributed by atoms with van der Waals surface area (Å²) in [5.41, 5.74) is 1.59. The van der Waals surface area contributed by atoms with E-state index in [1.54, 1.807) is 48.9 Å². The molecule has 0 aliphatic rings. The Labute approximate surface area is 150 Å². The summed E-state index contributed by atoms with van der Waals surface area (Å²) >= 11 is 0. The maximum atomic E-state index is 12.6. The molecule has 2 aromatic heterocycles. The van der Waals surface area contributed by atoms with Crippen LogP contribution in [0.3, 0.4) is 0 Å². The van der Waals surface area contributed by atoms with Crippen LogP contribution in [0.25, 0.3) is 11.1 Å². The predicted molar refractivity (Wildman–Crippen MR) is 94.9 cm³/mol. The lowest BCUT2D eigenvalue weighted by Crippen LogP contribution is -2.24. The van der Waals surface area contributed by atoms with Crippen molar-refractivity contribution < 1.29 is 18.3 Å². The summed E-state index contributed by atoms with van der Waals surface area (Å²) in [7, 11) is -3.91. The molecule has 0 fully saturated rings. The van der Waals surface area contributed by atoms with E-state index < -0.39 is 16.0 Å². The van der Waals surface area contributed by atoms with Gasteiger partial charge in [0.2, 0.25) is 10.0 Å². The fourth-order valence-electron chi connectivity index (χ4n) is 2.34. The number of aromatic nitrogens is 2. The zero-order valence-corrected chi connectivity index (χ0v) is 14.3. The molecule has 132 valence electrons. The number of pyridine rings is 2. The molecule has 0 radical (unpaired) electrons. The van der Waals surface area contributed by atoms with E-state index in [-0.39, 0.29) is 17.0 Å². The van der Waals surface area contributed by atoms with Crippen molar-refractivity contribution in [2.24, 2.45) is 0 Å². The molecule has 2 N–H and O–H groups in total. The second-order valence-corrected chi connectivity index (χ2v) is 7.20. The van der Waals surface area contributed by atoms with Gasteiger partial charge in [0.05, 0.1) is 22.7 Å². The third kappa shape index (κ3) is 4.11. The van der Waals surface area contributed by atoms with Crippen LogP contribution in [0.4, 0.5) is 0 Å². The van der Waals surface area contributed by atoms with Crippen LogP contribution >= 0.6 is 0 Å². The van der Waals surface area contributed by atoms with Crippen molar-refractivity contribution in [1.82, 2.24) is 14.7 Å². The van der Waals surface area contributed by atoms with E-state index >= 15 is 0 Å². The number of carboxylic acids is 1. The third-order valence-corrected chi connectivity index (χ3v) is 5.03. The van der Waals surface area contributed by atoms with Crippen LogP contribution in [0.1, 0.15) is 16.1 Å². The zero-order chi connectivity index (χ0) is 18.6. The number of aromatic carboxylic acids is 1. The van der Waals surface area contributed by atoms with Crippen molar-refractivity contribution in [3.8, 4) is 11.1 Å². The minimum Gasteiger partial charge on any atom is -0.478 e. The highest BCUT2D eigenvalue weighted by molar-refractivity contribution is 7.89. The average Bonchev–Trinajstić information content (AvgIpc) is 2.67.